The topological polar surface area (TPSA) is 82.0 Å². The fraction of sp³-hybridized carbons (Fsp3) is 0.125. The fourth-order valence-corrected chi connectivity index (χ4v) is 1.04. The number of aromatic nitrogens is 1. The Morgan fingerprint density at radius 3 is 3.00 bits per heavy atom. The number of nitrogen functional groups attached to an aromatic ring is 1. The summed E-state index contributed by atoms with van der Waals surface area (Å²) >= 11 is 0. The number of pyridine rings is 1. The summed E-state index contributed by atoms with van der Waals surface area (Å²) in [5, 5.41) is 10.6. The highest BCUT2D eigenvalue weighted by atomic mass is 16.6. The number of nitro groups is 1. The van der Waals surface area contributed by atoms with E-state index in [1.165, 1.54) is 6.20 Å². The van der Waals surface area contributed by atoms with E-state index in [0.717, 1.165) is 0 Å². The van der Waals surface area contributed by atoms with Crippen molar-refractivity contribution >= 4 is 11.5 Å². The van der Waals surface area contributed by atoms with Crippen LogP contribution in [-0.4, -0.2) is 9.91 Å². The molecule has 0 saturated carbocycles. The van der Waals surface area contributed by atoms with Crippen molar-refractivity contribution in [2.75, 3.05) is 5.73 Å². The van der Waals surface area contributed by atoms with Crippen molar-refractivity contribution in [1.29, 1.82) is 0 Å². The highest BCUT2D eigenvalue weighted by molar-refractivity contribution is 5.57. The molecule has 0 amide bonds. The summed E-state index contributed by atoms with van der Waals surface area (Å²) in [6, 6.07) is 1.57. The zero-order chi connectivity index (χ0) is 9.84. The van der Waals surface area contributed by atoms with Gasteiger partial charge in [-0.3, -0.25) is 10.1 Å². The molecule has 0 unspecified atom stereocenters. The Hall–Kier alpha value is -1.91. The predicted molar refractivity (Wildman–Crippen MR) is 49.2 cm³/mol. The van der Waals surface area contributed by atoms with Gasteiger partial charge in [0.2, 0.25) is 5.82 Å². The third-order valence-electron chi connectivity index (χ3n) is 1.58. The quantitative estimate of drug-likeness (QED) is 0.430. The lowest BCUT2D eigenvalue weighted by Crippen LogP contribution is -2.01. The molecule has 0 fully saturated rings. The molecule has 0 aliphatic heterocycles. The molecule has 0 atom stereocenters. The van der Waals surface area contributed by atoms with E-state index in [0.29, 0.717) is 12.0 Å². The SMILES string of the molecule is C=CCc1ccnc(N)c1[N+](=O)[O-]. The van der Waals surface area contributed by atoms with Gasteiger partial charge in [-0.2, -0.15) is 0 Å². The lowest BCUT2D eigenvalue weighted by molar-refractivity contribution is -0.384. The summed E-state index contributed by atoms with van der Waals surface area (Å²) in [6.07, 6.45) is 3.45. The van der Waals surface area contributed by atoms with Gasteiger partial charge >= 0.3 is 5.69 Å². The molecule has 1 aromatic heterocycles. The summed E-state index contributed by atoms with van der Waals surface area (Å²) in [5.41, 5.74) is 5.78. The molecule has 0 radical (unpaired) electrons. The second-order valence-corrected chi connectivity index (χ2v) is 2.45. The highest BCUT2D eigenvalue weighted by Gasteiger charge is 2.17. The van der Waals surface area contributed by atoms with Crippen molar-refractivity contribution in [3.63, 3.8) is 0 Å². The van der Waals surface area contributed by atoms with Gasteiger partial charge < -0.3 is 5.73 Å². The summed E-state index contributed by atoms with van der Waals surface area (Å²) in [6.45, 7) is 3.50. The summed E-state index contributed by atoms with van der Waals surface area (Å²) in [4.78, 5) is 13.7. The zero-order valence-corrected chi connectivity index (χ0v) is 6.93. The van der Waals surface area contributed by atoms with Gasteiger partial charge in [-0.05, 0) is 12.5 Å². The molecular weight excluding hydrogens is 170 g/mol. The summed E-state index contributed by atoms with van der Waals surface area (Å²) < 4.78 is 0. The van der Waals surface area contributed by atoms with Gasteiger partial charge in [0.25, 0.3) is 0 Å². The molecule has 68 valence electrons. The molecule has 0 aliphatic rings. The molecule has 1 heterocycles. The van der Waals surface area contributed by atoms with Crippen LogP contribution in [0.5, 0.6) is 0 Å². The molecular formula is C8H9N3O2. The van der Waals surface area contributed by atoms with Crippen LogP contribution in [0.3, 0.4) is 0 Å². The Balaban J connectivity index is 3.25. The average molecular weight is 179 g/mol. The smallest absolute Gasteiger partial charge is 0.314 e. The number of nitrogens with two attached hydrogens (primary N) is 1. The number of hydrogen-bond donors (Lipinski definition) is 1. The molecule has 0 spiro atoms. The number of allylic oxidation sites excluding steroid dienone is 1. The van der Waals surface area contributed by atoms with E-state index in [-0.39, 0.29) is 11.5 Å². The second kappa shape index (κ2) is 3.66. The van der Waals surface area contributed by atoms with Gasteiger partial charge in [0.15, 0.2) is 0 Å². The highest BCUT2D eigenvalue weighted by Crippen LogP contribution is 2.23. The lowest BCUT2D eigenvalue weighted by atomic mass is 10.1. The lowest BCUT2D eigenvalue weighted by Gasteiger charge is -2.00. The van der Waals surface area contributed by atoms with E-state index in [1.807, 2.05) is 0 Å². The van der Waals surface area contributed by atoms with Crippen LogP contribution < -0.4 is 5.73 Å². The molecule has 0 saturated heterocycles. The number of rotatable bonds is 3. The third kappa shape index (κ3) is 1.81. The van der Waals surface area contributed by atoms with E-state index in [1.54, 1.807) is 12.1 Å². The number of hydrogen-bond acceptors (Lipinski definition) is 4. The molecule has 5 heteroatoms. The predicted octanol–water partition coefficient (Wildman–Crippen LogP) is 1.30. The fourth-order valence-electron chi connectivity index (χ4n) is 1.04. The van der Waals surface area contributed by atoms with Crippen LogP contribution in [0.2, 0.25) is 0 Å². The van der Waals surface area contributed by atoms with Gasteiger partial charge in [0.05, 0.1) is 4.92 Å². The van der Waals surface area contributed by atoms with Crippen LogP contribution in [0.4, 0.5) is 11.5 Å². The van der Waals surface area contributed by atoms with E-state index in [4.69, 9.17) is 5.73 Å². The van der Waals surface area contributed by atoms with Crippen LogP contribution in [0, 0.1) is 10.1 Å². The molecule has 2 N–H and O–H groups in total. The first-order valence-electron chi connectivity index (χ1n) is 3.65. The Bertz CT molecular complexity index is 349. The van der Waals surface area contributed by atoms with Crippen LogP contribution in [-0.2, 0) is 6.42 Å². The molecule has 13 heavy (non-hydrogen) atoms. The standard InChI is InChI=1S/C8H9N3O2/c1-2-3-6-4-5-10-8(9)7(6)11(12)13/h2,4-5H,1,3H2,(H2,9,10). The van der Waals surface area contributed by atoms with E-state index in [9.17, 15) is 10.1 Å². The van der Waals surface area contributed by atoms with E-state index < -0.39 is 4.92 Å². The van der Waals surface area contributed by atoms with Crippen molar-refractivity contribution < 1.29 is 4.92 Å². The minimum atomic E-state index is -0.527. The van der Waals surface area contributed by atoms with E-state index >= 15 is 0 Å². The molecule has 1 rings (SSSR count). The average Bonchev–Trinajstić information content (AvgIpc) is 2.04. The third-order valence-corrected chi connectivity index (χ3v) is 1.58. The number of anilines is 1. The molecule has 0 bridgehead atoms. The number of nitrogens with zero attached hydrogens (tertiary/aromatic N) is 2. The second-order valence-electron chi connectivity index (χ2n) is 2.45. The maximum Gasteiger partial charge on any atom is 0.314 e. The monoisotopic (exact) mass is 179 g/mol. The first-order valence-corrected chi connectivity index (χ1v) is 3.65. The maximum atomic E-state index is 10.6. The van der Waals surface area contributed by atoms with Crippen molar-refractivity contribution in [1.82, 2.24) is 4.98 Å². The van der Waals surface area contributed by atoms with Gasteiger partial charge in [0, 0.05) is 11.8 Å². The molecule has 0 aromatic carbocycles. The van der Waals surface area contributed by atoms with Crippen molar-refractivity contribution in [2.24, 2.45) is 0 Å². The Morgan fingerprint density at radius 1 is 1.77 bits per heavy atom. The molecule has 1 aromatic rings. The Kier molecular flexibility index (Phi) is 2.59. The normalized spacial score (nSPS) is 9.54. The zero-order valence-electron chi connectivity index (χ0n) is 6.93. The van der Waals surface area contributed by atoms with E-state index in [2.05, 4.69) is 11.6 Å². The van der Waals surface area contributed by atoms with Crippen molar-refractivity contribution in [3.8, 4) is 0 Å². The van der Waals surface area contributed by atoms with Crippen LogP contribution in [0.15, 0.2) is 24.9 Å². The van der Waals surface area contributed by atoms with Crippen molar-refractivity contribution in [2.45, 2.75) is 6.42 Å². The molecule has 0 aliphatic carbocycles. The largest absolute Gasteiger partial charge is 0.378 e. The summed E-state index contributed by atoms with van der Waals surface area (Å²) in [5.74, 6) is -0.0515. The first kappa shape index (κ1) is 9.18. The summed E-state index contributed by atoms with van der Waals surface area (Å²) in [7, 11) is 0. The molecule has 5 nitrogen and oxygen atoms in total. The van der Waals surface area contributed by atoms with Gasteiger partial charge in [-0.25, -0.2) is 4.98 Å². The minimum absolute atomic E-state index is 0.0515. The van der Waals surface area contributed by atoms with Crippen LogP contribution in [0.1, 0.15) is 5.56 Å². The Labute approximate surface area is 75.0 Å². The van der Waals surface area contributed by atoms with Crippen LogP contribution in [0.25, 0.3) is 0 Å². The van der Waals surface area contributed by atoms with Gasteiger partial charge in [-0.1, -0.05) is 6.08 Å². The van der Waals surface area contributed by atoms with Crippen LogP contribution >= 0.6 is 0 Å². The first-order chi connectivity index (χ1) is 6.16. The van der Waals surface area contributed by atoms with Gasteiger partial charge in [0.1, 0.15) is 0 Å². The maximum absolute atomic E-state index is 10.6. The van der Waals surface area contributed by atoms with Gasteiger partial charge in [-0.15, -0.1) is 6.58 Å². The van der Waals surface area contributed by atoms with Crippen molar-refractivity contribution in [3.05, 3.63) is 40.6 Å². The Morgan fingerprint density at radius 2 is 2.46 bits per heavy atom. The minimum Gasteiger partial charge on any atom is -0.378 e.